The first kappa shape index (κ1) is 28.8. The Hall–Kier alpha value is -5.72. The third-order valence-corrected chi connectivity index (χ3v) is 6.44. The summed E-state index contributed by atoms with van der Waals surface area (Å²) in [5.74, 6) is 0.185. The number of rotatable bonds is 4. The molecule has 0 radical (unpaired) electrons. The largest absolute Gasteiger partial charge is 0.412 e. The van der Waals surface area contributed by atoms with Crippen LogP contribution in [0.25, 0.3) is 43.6 Å². The van der Waals surface area contributed by atoms with Gasteiger partial charge in [-0.05, 0) is 24.3 Å². The van der Waals surface area contributed by atoms with E-state index < -0.39 is 0 Å². The van der Waals surface area contributed by atoms with Gasteiger partial charge in [0.05, 0.1) is 0 Å². The minimum atomic E-state index is 0. The van der Waals surface area contributed by atoms with E-state index in [1.807, 2.05) is 72.8 Å². The molecule has 2 aromatic heterocycles. The Bertz CT molecular complexity index is 1670. The van der Waals surface area contributed by atoms with Gasteiger partial charge in [-0.15, -0.1) is 0 Å². The molecular weight excluding hydrogens is 508 g/mol. The SMILES string of the molecule is N=C(N)c1ccc2c(c1)[nH]c1cc(C(=N)N)ccc12.N=C(N)c1ccc2c(c1)[nH]c1cc(C(=N)N)ccc12.O.O. The molecule has 0 aliphatic carbocycles. The number of nitrogen functional groups attached to an aromatic ring is 4. The van der Waals surface area contributed by atoms with Crippen molar-refractivity contribution in [2.24, 2.45) is 22.9 Å². The van der Waals surface area contributed by atoms with Crippen molar-refractivity contribution in [3.05, 3.63) is 95.1 Å². The smallest absolute Gasteiger partial charge is 0.122 e. The molecule has 40 heavy (non-hydrogen) atoms. The number of hydrogen-bond acceptors (Lipinski definition) is 4. The summed E-state index contributed by atoms with van der Waals surface area (Å²) in [6, 6.07) is 22.5. The molecule has 2 heterocycles. The van der Waals surface area contributed by atoms with Crippen LogP contribution in [-0.4, -0.2) is 44.3 Å². The van der Waals surface area contributed by atoms with Crippen LogP contribution >= 0.6 is 0 Å². The van der Waals surface area contributed by atoms with Gasteiger partial charge in [-0.25, -0.2) is 0 Å². The molecule has 12 nitrogen and oxygen atoms in total. The minimum Gasteiger partial charge on any atom is -0.412 e. The molecule has 204 valence electrons. The van der Waals surface area contributed by atoms with Crippen LogP contribution in [0.1, 0.15) is 22.3 Å². The Morgan fingerprint density at radius 2 is 0.600 bits per heavy atom. The molecule has 0 bridgehead atoms. The molecule has 0 fully saturated rings. The standard InChI is InChI=1S/2C14H13N5.2H2O/c2*15-13(16)7-1-3-9-10-4-2-8(14(17)18)6-12(10)19-11(9)5-7;;/h2*1-6,19H,(H3,15,16)(H3,17,18);2*1H2. The van der Waals surface area contributed by atoms with Crippen molar-refractivity contribution in [1.29, 1.82) is 21.6 Å². The normalized spacial score (nSPS) is 10.4. The second-order valence-electron chi connectivity index (χ2n) is 8.95. The Morgan fingerprint density at radius 1 is 0.400 bits per heavy atom. The van der Waals surface area contributed by atoms with Crippen molar-refractivity contribution in [3.8, 4) is 0 Å². The van der Waals surface area contributed by atoms with E-state index in [9.17, 15) is 0 Å². The predicted molar refractivity (Wildman–Crippen MR) is 163 cm³/mol. The number of fused-ring (bicyclic) bond motifs is 6. The number of hydrogen-bond donors (Lipinski definition) is 10. The van der Waals surface area contributed by atoms with Crippen LogP contribution in [0.3, 0.4) is 0 Å². The van der Waals surface area contributed by atoms with Gasteiger partial charge in [0.2, 0.25) is 0 Å². The maximum absolute atomic E-state index is 7.45. The quantitative estimate of drug-likeness (QED) is 0.119. The maximum Gasteiger partial charge on any atom is 0.122 e. The molecular formula is C28H30N10O2. The third kappa shape index (κ3) is 5.15. The Labute approximate surface area is 227 Å². The highest BCUT2D eigenvalue weighted by atomic mass is 16.0. The highest BCUT2D eigenvalue weighted by Crippen LogP contribution is 2.28. The van der Waals surface area contributed by atoms with Gasteiger partial charge >= 0.3 is 0 Å². The molecule has 6 rings (SSSR count). The molecule has 12 heteroatoms. The number of nitrogens with one attached hydrogen (secondary N) is 6. The molecule has 0 amide bonds. The van der Waals surface area contributed by atoms with Gasteiger partial charge in [-0.2, -0.15) is 0 Å². The lowest BCUT2D eigenvalue weighted by Crippen LogP contribution is -2.10. The monoisotopic (exact) mass is 538 g/mol. The fraction of sp³-hybridized carbons (Fsp3) is 0. The van der Waals surface area contributed by atoms with Crippen LogP contribution in [0.2, 0.25) is 0 Å². The van der Waals surface area contributed by atoms with E-state index in [1.54, 1.807) is 0 Å². The highest BCUT2D eigenvalue weighted by molar-refractivity contribution is 6.12. The van der Waals surface area contributed by atoms with E-state index in [0.29, 0.717) is 22.3 Å². The Kier molecular flexibility index (Phi) is 7.90. The predicted octanol–water partition coefficient (Wildman–Crippen LogP) is 2.13. The van der Waals surface area contributed by atoms with Gasteiger partial charge in [0, 0.05) is 65.9 Å². The van der Waals surface area contributed by atoms with Crippen molar-refractivity contribution in [2.45, 2.75) is 0 Å². The number of aromatic amines is 2. The van der Waals surface area contributed by atoms with Crippen molar-refractivity contribution in [3.63, 3.8) is 0 Å². The van der Waals surface area contributed by atoms with Gasteiger partial charge < -0.3 is 43.9 Å². The Morgan fingerprint density at radius 3 is 0.775 bits per heavy atom. The second kappa shape index (κ2) is 10.9. The topological polar surface area (TPSA) is 294 Å². The first-order valence-corrected chi connectivity index (χ1v) is 11.6. The van der Waals surface area contributed by atoms with Crippen LogP contribution in [0, 0.1) is 21.6 Å². The molecule has 0 atom stereocenters. The van der Waals surface area contributed by atoms with Crippen LogP contribution < -0.4 is 22.9 Å². The van der Waals surface area contributed by atoms with Crippen molar-refractivity contribution in [2.75, 3.05) is 0 Å². The van der Waals surface area contributed by atoms with Crippen LogP contribution in [0.5, 0.6) is 0 Å². The fourth-order valence-electron chi connectivity index (χ4n) is 4.49. The first-order chi connectivity index (χ1) is 18.1. The number of amidine groups is 4. The van der Waals surface area contributed by atoms with E-state index in [0.717, 1.165) is 43.6 Å². The summed E-state index contributed by atoms with van der Waals surface area (Å²) in [5, 5.41) is 34.1. The number of H-pyrrole nitrogens is 2. The number of nitrogens with two attached hydrogens (primary N) is 4. The van der Waals surface area contributed by atoms with E-state index in [4.69, 9.17) is 44.6 Å². The second-order valence-corrected chi connectivity index (χ2v) is 8.95. The van der Waals surface area contributed by atoms with Gasteiger partial charge in [-0.1, -0.05) is 48.5 Å². The molecule has 0 saturated heterocycles. The zero-order chi connectivity index (χ0) is 27.1. The molecule has 0 saturated carbocycles. The molecule has 0 aliphatic rings. The van der Waals surface area contributed by atoms with Crippen LogP contribution in [0.4, 0.5) is 0 Å². The van der Waals surface area contributed by atoms with Gasteiger partial charge in [-0.3, -0.25) is 21.6 Å². The summed E-state index contributed by atoms with van der Waals surface area (Å²) in [5.41, 5.74) is 28.4. The zero-order valence-corrected chi connectivity index (χ0v) is 21.2. The third-order valence-electron chi connectivity index (χ3n) is 6.44. The maximum atomic E-state index is 7.45. The van der Waals surface area contributed by atoms with Crippen molar-refractivity contribution in [1.82, 2.24) is 9.97 Å². The summed E-state index contributed by atoms with van der Waals surface area (Å²) < 4.78 is 0. The van der Waals surface area contributed by atoms with Crippen LogP contribution in [0.15, 0.2) is 72.8 Å². The minimum absolute atomic E-state index is 0. The van der Waals surface area contributed by atoms with Gasteiger partial charge in [0.1, 0.15) is 23.3 Å². The summed E-state index contributed by atoms with van der Waals surface area (Å²) in [4.78, 5) is 6.53. The van der Waals surface area contributed by atoms with Gasteiger partial charge in [0.25, 0.3) is 0 Å². The summed E-state index contributed by atoms with van der Waals surface area (Å²) in [7, 11) is 0. The summed E-state index contributed by atoms with van der Waals surface area (Å²) >= 11 is 0. The number of aromatic nitrogens is 2. The van der Waals surface area contributed by atoms with Gasteiger partial charge in [0.15, 0.2) is 0 Å². The molecule has 0 spiro atoms. The highest BCUT2D eigenvalue weighted by Gasteiger charge is 2.09. The number of benzene rings is 4. The van der Waals surface area contributed by atoms with Crippen molar-refractivity contribution >= 4 is 67.0 Å². The van der Waals surface area contributed by atoms with E-state index >= 15 is 0 Å². The van der Waals surface area contributed by atoms with E-state index in [-0.39, 0.29) is 34.3 Å². The Balaban J connectivity index is 0.000000210. The van der Waals surface area contributed by atoms with E-state index in [1.165, 1.54) is 0 Å². The van der Waals surface area contributed by atoms with E-state index in [2.05, 4.69) is 9.97 Å². The van der Waals surface area contributed by atoms with Crippen molar-refractivity contribution < 1.29 is 11.0 Å². The summed E-state index contributed by atoms with van der Waals surface area (Å²) in [6.45, 7) is 0. The zero-order valence-electron chi connectivity index (χ0n) is 21.2. The lowest BCUT2D eigenvalue weighted by molar-refractivity contribution is 0.823. The molecule has 6 aromatic rings. The summed E-state index contributed by atoms with van der Waals surface area (Å²) in [6.07, 6.45) is 0. The molecule has 0 unspecified atom stereocenters. The lowest BCUT2D eigenvalue weighted by atomic mass is 10.1. The average Bonchev–Trinajstić information content (AvgIpc) is 3.44. The fourth-order valence-corrected chi connectivity index (χ4v) is 4.49. The van der Waals surface area contributed by atoms with Crippen LogP contribution in [-0.2, 0) is 0 Å². The average molecular weight is 539 g/mol. The molecule has 18 N–H and O–H groups in total. The molecule has 0 aliphatic heterocycles. The molecule has 4 aromatic carbocycles. The lowest BCUT2D eigenvalue weighted by Gasteiger charge is -1.98. The first-order valence-electron chi connectivity index (χ1n) is 11.6.